The molecule has 0 amide bonds. The van der Waals surface area contributed by atoms with Crippen LogP contribution in [0.5, 0.6) is 0 Å². The Balaban J connectivity index is 3.16. The zero-order valence-corrected chi connectivity index (χ0v) is 13.7. The van der Waals surface area contributed by atoms with Crippen LogP contribution >= 0.6 is 0 Å². The summed E-state index contributed by atoms with van der Waals surface area (Å²) in [6, 6.07) is 8.55. The van der Waals surface area contributed by atoms with Crippen LogP contribution in [0, 0.1) is 0 Å². The summed E-state index contributed by atoms with van der Waals surface area (Å²) < 4.78 is 15.7. The van der Waals surface area contributed by atoms with Gasteiger partial charge in [0, 0.05) is 25.1 Å². The van der Waals surface area contributed by atoms with Crippen molar-refractivity contribution in [2.75, 3.05) is 6.23 Å². The highest BCUT2D eigenvalue weighted by atomic mass is 28.4. The summed E-state index contributed by atoms with van der Waals surface area (Å²) in [6.45, 7) is 4.09. The Bertz CT molecular complexity index is 551. The first-order valence-electron chi connectivity index (χ1n) is 6.64. The van der Waals surface area contributed by atoms with Gasteiger partial charge in [-0.05, 0) is 6.92 Å². The van der Waals surface area contributed by atoms with E-state index in [9.17, 15) is 14.4 Å². The molecule has 1 rings (SSSR count). The van der Waals surface area contributed by atoms with Gasteiger partial charge in [0.1, 0.15) is 0 Å². The van der Waals surface area contributed by atoms with Crippen molar-refractivity contribution in [1.29, 1.82) is 0 Å². The van der Waals surface area contributed by atoms with Crippen LogP contribution in [0.4, 0.5) is 0 Å². The van der Waals surface area contributed by atoms with Crippen LogP contribution in [0.15, 0.2) is 42.5 Å². The Morgan fingerprint density at radius 1 is 1.05 bits per heavy atom. The molecule has 0 bridgehead atoms. The lowest BCUT2D eigenvalue weighted by Gasteiger charge is -2.28. The number of allylic oxidation sites excluding steroid dienone is 1. The topological polar surface area (TPSA) is 78.9 Å². The predicted molar refractivity (Wildman–Crippen MR) is 81.1 cm³/mol. The van der Waals surface area contributed by atoms with E-state index < -0.39 is 26.5 Å². The molecule has 0 aliphatic heterocycles. The fourth-order valence-corrected chi connectivity index (χ4v) is 4.31. The average Bonchev–Trinajstić information content (AvgIpc) is 2.45. The number of benzene rings is 1. The van der Waals surface area contributed by atoms with Crippen LogP contribution in [0.25, 0.3) is 0 Å². The van der Waals surface area contributed by atoms with E-state index in [1.165, 1.54) is 26.0 Å². The Hall–Kier alpha value is -2.41. The third-order valence-electron chi connectivity index (χ3n) is 2.54. The lowest BCUT2D eigenvalue weighted by atomic mass is 10.4. The fraction of sp³-hybridized carbons (Fsp3) is 0.267. The van der Waals surface area contributed by atoms with Gasteiger partial charge in [-0.3, -0.25) is 9.59 Å². The lowest BCUT2D eigenvalue weighted by molar-refractivity contribution is -0.143. The van der Waals surface area contributed by atoms with E-state index in [1.54, 1.807) is 37.3 Å². The first-order chi connectivity index (χ1) is 10.4. The molecule has 0 atom stereocenters. The largest absolute Gasteiger partial charge is 0.538 e. The molecular formula is C15H18O6Si. The summed E-state index contributed by atoms with van der Waals surface area (Å²) in [7, 11) is -3.57. The van der Waals surface area contributed by atoms with Crippen LogP contribution in [-0.4, -0.2) is 32.7 Å². The standard InChI is InChI=1S/C15H18O6Si/c1-4-8-15(18)19-11-22(20-12(2)16,21-13(3)17)14-9-6-5-7-10-14/h4-10H,11H2,1-3H3. The maximum absolute atomic E-state index is 11.5. The molecule has 22 heavy (non-hydrogen) atoms. The van der Waals surface area contributed by atoms with E-state index in [1.807, 2.05) is 0 Å². The van der Waals surface area contributed by atoms with Crippen molar-refractivity contribution in [3.8, 4) is 0 Å². The second-order valence-corrected chi connectivity index (χ2v) is 7.19. The number of carbonyl (C=O) groups excluding carboxylic acids is 3. The van der Waals surface area contributed by atoms with E-state index in [2.05, 4.69) is 0 Å². The van der Waals surface area contributed by atoms with E-state index in [0.29, 0.717) is 5.19 Å². The van der Waals surface area contributed by atoms with Crippen LogP contribution in [0.3, 0.4) is 0 Å². The average molecular weight is 322 g/mol. The van der Waals surface area contributed by atoms with Gasteiger partial charge >= 0.3 is 14.5 Å². The molecule has 1 aromatic carbocycles. The Morgan fingerprint density at radius 3 is 2.05 bits per heavy atom. The molecule has 6 nitrogen and oxygen atoms in total. The lowest BCUT2D eigenvalue weighted by Crippen LogP contribution is -2.60. The van der Waals surface area contributed by atoms with Crippen molar-refractivity contribution >= 4 is 31.7 Å². The van der Waals surface area contributed by atoms with Gasteiger partial charge in [-0.1, -0.05) is 36.4 Å². The highest BCUT2D eigenvalue weighted by Gasteiger charge is 2.48. The molecule has 0 aliphatic rings. The van der Waals surface area contributed by atoms with Gasteiger partial charge < -0.3 is 13.6 Å². The second-order valence-electron chi connectivity index (χ2n) is 4.41. The van der Waals surface area contributed by atoms with Gasteiger partial charge in [0.2, 0.25) is 0 Å². The van der Waals surface area contributed by atoms with Crippen molar-refractivity contribution in [2.24, 2.45) is 0 Å². The second kappa shape index (κ2) is 8.13. The van der Waals surface area contributed by atoms with E-state index in [4.69, 9.17) is 13.6 Å². The number of esters is 1. The highest BCUT2D eigenvalue weighted by Crippen LogP contribution is 2.11. The third-order valence-corrected chi connectivity index (χ3v) is 5.51. The summed E-state index contributed by atoms with van der Waals surface area (Å²) in [5.74, 6) is -1.83. The third kappa shape index (κ3) is 5.17. The molecule has 0 unspecified atom stereocenters. The number of carbonyl (C=O) groups is 3. The monoisotopic (exact) mass is 322 g/mol. The minimum Gasteiger partial charge on any atom is -0.480 e. The molecule has 0 spiro atoms. The number of hydrogen-bond donors (Lipinski definition) is 0. The van der Waals surface area contributed by atoms with Gasteiger partial charge in [-0.15, -0.1) is 0 Å². The molecule has 0 N–H and O–H groups in total. The van der Waals surface area contributed by atoms with Gasteiger partial charge in [-0.2, -0.15) is 0 Å². The van der Waals surface area contributed by atoms with Crippen molar-refractivity contribution in [3.63, 3.8) is 0 Å². The first-order valence-corrected chi connectivity index (χ1v) is 8.66. The summed E-state index contributed by atoms with van der Waals surface area (Å²) >= 11 is 0. The van der Waals surface area contributed by atoms with Gasteiger partial charge in [0.25, 0.3) is 11.9 Å². The molecule has 118 valence electrons. The molecule has 0 aliphatic carbocycles. The molecule has 0 fully saturated rings. The predicted octanol–water partition coefficient (Wildman–Crippen LogP) is 1.12. The summed E-state index contributed by atoms with van der Waals surface area (Å²) in [6.07, 6.45) is 2.44. The molecule has 1 aromatic rings. The van der Waals surface area contributed by atoms with Gasteiger partial charge in [0.15, 0.2) is 6.23 Å². The van der Waals surface area contributed by atoms with Crippen molar-refractivity contribution in [2.45, 2.75) is 20.8 Å². The smallest absolute Gasteiger partial charge is 0.480 e. The number of ether oxygens (including phenoxy) is 1. The van der Waals surface area contributed by atoms with E-state index in [0.717, 1.165) is 0 Å². The van der Waals surface area contributed by atoms with Crippen LogP contribution in [0.2, 0.25) is 0 Å². The first kappa shape index (κ1) is 17.6. The molecule has 0 heterocycles. The Kier molecular flexibility index (Phi) is 6.52. The van der Waals surface area contributed by atoms with Crippen molar-refractivity contribution in [3.05, 3.63) is 42.5 Å². The quantitative estimate of drug-likeness (QED) is 0.444. The van der Waals surface area contributed by atoms with E-state index >= 15 is 0 Å². The minimum absolute atomic E-state index is 0.306. The zero-order chi connectivity index (χ0) is 16.6. The summed E-state index contributed by atoms with van der Waals surface area (Å²) in [5, 5.41) is 0.522. The maximum Gasteiger partial charge on any atom is 0.538 e. The Morgan fingerprint density at radius 2 is 1.59 bits per heavy atom. The molecule has 0 saturated heterocycles. The summed E-state index contributed by atoms with van der Waals surface area (Å²) in [5.41, 5.74) is 0. The van der Waals surface area contributed by atoms with Gasteiger partial charge in [0.05, 0.1) is 0 Å². The van der Waals surface area contributed by atoms with Crippen LogP contribution in [0.1, 0.15) is 20.8 Å². The minimum atomic E-state index is -3.57. The van der Waals surface area contributed by atoms with Crippen molar-refractivity contribution < 1.29 is 28.0 Å². The van der Waals surface area contributed by atoms with Crippen molar-refractivity contribution in [1.82, 2.24) is 0 Å². The number of hydrogen-bond acceptors (Lipinski definition) is 6. The van der Waals surface area contributed by atoms with Crippen LogP contribution in [-0.2, 0) is 28.0 Å². The highest BCUT2D eigenvalue weighted by molar-refractivity contribution is 6.83. The molecule has 0 radical (unpaired) electrons. The molecule has 7 heteroatoms. The molecular weight excluding hydrogens is 304 g/mol. The van der Waals surface area contributed by atoms with Gasteiger partial charge in [-0.25, -0.2) is 4.79 Å². The normalized spacial score (nSPS) is 11.0. The SMILES string of the molecule is CC=CC(=O)OC[Si](OC(C)=O)(OC(C)=O)c1ccccc1. The zero-order valence-electron chi connectivity index (χ0n) is 12.7. The molecule has 0 saturated carbocycles. The Labute approximate surface area is 129 Å². The van der Waals surface area contributed by atoms with Crippen LogP contribution < -0.4 is 5.19 Å². The fourth-order valence-electron chi connectivity index (χ4n) is 1.79. The van der Waals surface area contributed by atoms with E-state index in [-0.39, 0.29) is 6.23 Å². The maximum atomic E-state index is 11.5. The summed E-state index contributed by atoms with van der Waals surface area (Å²) in [4.78, 5) is 34.4. The number of rotatable bonds is 6. The molecule has 0 aromatic heterocycles.